The molecule has 1 aromatic heterocycles. The van der Waals surface area contributed by atoms with Crippen LogP contribution in [0.5, 0.6) is 0 Å². The van der Waals surface area contributed by atoms with E-state index in [9.17, 15) is 14.4 Å². The summed E-state index contributed by atoms with van der Waals surface area (Å²) in [7, 11) is 0. The third kappa shape index (κ3) is 3.87. The Balaban J connectivity index is 2.01. The Morgan fingerprint density at radius 2 is 2.14 bits per heavy atom. The lowest BCUT2D eigenvalue weighted by atomic mass is 10.1. The van der Waals surface area contributed by atoms with Gasteiger partial charge in [0.1, 0.15) is 6.54 Å². The second-order valence-corrected chi connectivity index (χ2v) is 5.39. The molecule has 0 radical (unpaired) electrons. The van der Waals surface area contributed by atoms with Gasteiger partial charge in [0, 0.05) is 26.1 Å². The predicted octanol–water partition coefficient (Wildman–Crippen LogP) is 1.21. The molecule has 1 atom stereocenters. The van der Waals surface area contributed by atoms with Gasteiger partial charge in [-0.05, 0) is 31.4 Å². The van der Waals surface area contributed by atoms with Crippen LogP contribution in [-0.4, -0.2) is 58.4 Å². The maximum atomic E-state index is 12.3. The zero-order valence-electron chi connectivity index (χ0n) is 12.5. The monoisotopic (exact) mass is 308 g/mol. The van der Waals surface area contributed by atoms with Crippen molar-refractivity contribution in [3.8, 4) is 0 Å². The van der Waals surface area contributed by atoms with E-state index in [1.54, 1.807) is 17.0 Å². The first-order valence-electron chi connectivity index (χ1n) is 7.31. The predicted molar refractivity (Wildman–Crippen MR) is 77.3 cm³/mol. The quantitative estimate of drug-likeness (QED) is 0.902. The van der Waals surface area contributed by atoms with Gasteiger partial charge in [0.25, 0.3) is 5.91 Å². The van der Waals surface area contributed by atoms with Gasteiger partial charge in [-0.15, -0.1) is 0 Å². The lowest BCUT2D eigenvalue weighted by Crippen LogP contribution is -2.43. The van der Waals surface area contributed by atoms with Gasteiger partial charge in [-0.25, -0.2) is 0 Å². The van der Waals surface area contributed by atoms with Crippen LogP contribution in [0, 0.1) is 0 Å². The number of carboxylic acids is 1. The Labute approximate surface area is 128 Å². The van der Waals surface area contributed by atoms with E-state index in [2.05, 4.69) is 0 Å². The zero-order valence-corrected chi connectivity index (χ0v) is 12.5. The molecule has 0 saturated carbocycles. The van der Waals surface area contributed by atoms with Gasteiger partial charge >= 0.3 is 5.97 Å². The lowest BCUT2D eigenvalue weighted by molar-refractivity contribution is -0.145. The summed E-state index contributed by atoms with van der Waals surface area (Å²) in [4.78, 5) is 37.9. The van der Waals surface area contributed by atoms with Crippen molar-refractivity contribution in [2.45, 2.75) is 32.2 Å². The number of carbonyl (C=O) groups excluding carboxylic acids is 2. The minimum absolute atomic E-state index is 0.150. The first-order chi connectivity index (χ1) is 10.5. The van der Waals surface area contributed by atoms with Crippen LogP contribution in [0.3, 0.4) is 0 Å². The standard InChI is InChI=1S/C15H20N2O5/c1-11(18)17(10-14(19)20)12-4-2-7-16(8-6-12)15(21)13-5-3-9-22-13/h3,5,9,12H,2,4,6-8,10H2,1H3,(H,19,20). The maximum Gasteiger partial charge on any atom is 0.323 e. The summed E-state index contributed by atoms with van der Waals surface area (Å²) in [5.74, 6) is -1.15. The highest BCUT2D eigenvalue weighted by atomic mass is 16.4. The van der Waals surface area contributed by atoms with Crippen LogP contribution in [0.2, 0.25) is 0 Å². The molecule has 1 fully saturated rings. The van der Waals surface area contributed by atoms with Crippen LogP contribution in [0.15, 0.2) is 22.8 Å². The summed E-state index contributed by atoms with van der Waals surface area (Å²) in [5, 5.41) is 8.93. The van der Waals surface area contributed by atoms with Gasteiger partial charge in [-0.2, -0.15) is 0 Å². The fourth-order valence-electron chi connectivity index (χ4n) is 2.79. The van der Waals surface area contributed by atoms with Gasteiger partial charge in [-0.3, -0.25) is 14.4 Å². The van der Waals surface area contributed by atoms with Crippen molar-refractivity contribution in [3.05, 3.63) is 24.2 Å². The van der Waals surface area contributed by atoms with E-state index in [0.717, 1.165) is 6.42 Å². The number of aliphatic carboxylic acids is 1. The van der Waals surface area contributed by atoms with Crippen LogP contribution in [0.25, 0.3) is 0 Å². The van der Waals surface area contributed by atoms with Crippen molar-refractivity contribution < 1.29 is 23.9 Å². The maximum absolute atomic E-state index is 12.3. The molecule has 1 N–H and O–H groups in total. The first-order valence-corrected chi connectivity index (χ1v) is 7.31. The molecule has 1 aliphatic rings. The molecule has 1 aliphatic heterocycles. The number of likely N-dealkylation sites (tertiary alicyclic amines) is 1. The third-order valence-corrected chi connectivity index (χ3v) is 3.87. The first kappa shape index (κ1) is 16.1. The molecule has 1 aromatic rings. The molecular weight excluding hydrogens is 288 g/mol. The van der Waals surface area contributed by atoms with Gasteiger partial charge in [-0.1, -0.05) is 0 Å². The van der Waals surface area contributed by atoms with Crippen molar-refractivity contribution in [3.63, 3.8) is 0 Å². The largest absolute Gasteiger partial charge is 0.480 e. The lowest BCUT2D eigenvalue weighted by Gasteiger charge is -2.28. The van der Waals surface area contributed by atoms with E-state index in [4.69, 9.17) is 9.52 Å². The topological polar surface area (TPSA) is 91.1 Å². The minimum atomic E-state index is -1.03. The number of carboxylic acid groups (broad SMARTS) is 1. The number of rotatable bonds is 4. The summed E-state index contributed by atoms with van der Waals surface area (Å²) in [6.07, 6.45) is 3.44. The summed E-state index contributed by atoms with van der Waals surface area (Å²) < 4.78 is 5.12. The fraction of sp³-hybridized carbons (Fsp3) is 0.533. The van der Waals surface area contributed by atoms with Gasteiger partial charge in [0.05, 0.1) is 6.26 Å². The summed E-state index contributed by atoms with van der Waals surface area (Å²) in [6.45, 7) is 2.13. The Morgan fingerprint density at radius 3 is 2.73 bits per heavy atom. The number of carbonyl (C=O) groups is 3. The Bertz CT molecular complexity index is 540. The summed E-state index contributed by atoms with van der Waals surface area (Å²) >= 11 is 0. The third-order valence-electron chi connectivity index (χ3n) is 3.87. The van der Waals surface area contributed by atoms with E-state index in [1.807, 2.05) is 0 Å². The number of hydrogen-bond donors (Lipinski definition) is 1. The molecule has 2 rings (SSSR count). The van der Waals surface area contributed by atoms with E-state index >= 15 is 0 Å². The molecule has 0 spiro atoms. The molecular formula is C15H20N2O5. The summed E-state index contributed by atoms with van der Waals surface area (Å²) in [5.41, 5.74) is 0. The summed E-state index contributed by atoms with van der Waals surface area (Å²) in [6, 6.07) is 3.14. The van der Waals surface area contributed by atoms with E-state index in [-0.39, 0.29) is 24.4 Å². The van der Waals surface area contributed by atoms with Crippen molar-refractivity contribution >= 4 is 17.8 Å². The number of nitrogens with zero attached hydrogens (tertiary/aromatic N) is 2. The normalized spacial score (nSPS) is 18.6. The number of furan rings is 1. The number of amides is 2. The molecule has 22 heavy (non-hydrogen) atoms. The second-order valence-electron chi connectivity index (χ2n) is 5.39. The van der Waals surface area contributed by atoms with E-state index in [1.165, 1.54) is 18.1 Å². The van der Waals surface area contributed by atoms with Crippen molar-refractivity contribution in [1.29, 1.82) is 0 Å². The average molecular weight is 308 g/mol. The van der Waals surface area contributed by atoms with Crippen LogP contribution >= 0.6 is 0 Å². The van der Waals surface area contributed by atoms with Crippen LogP contribution in [-0.2, 0) is 9.59 Å². The Hall–Kier alpha value is -2.31. The van der Waals surface area contributed by atoms with Gasteiger partial charge in [0.15, 0.2) is 5.76 Å². The van der Waals surface area contributed by atoms with Gasteiger partial charge in [0.2, 0.25) is 5.91 Å². The molecule has 0 aromatic carbocycles. The van der Waals surface area contributed by atoms with Gasteiger partial charge < -0.3 is 19.3 Å². The molecule has 7 nitrogen and oxygen atoms in total. The van der Waals surface area contributed by atoms with Crippen molar-refractivity contribution in [1.82, 2.24) is 9.80 Å². The van der Waals surface area contributed by atoms with Crippen LogP contribution in [0.1, 0.15) is 36.7 Å². The highest BCUT2D eigenvalue weighted by Gasteiger charge is 2.28. The van der Waals surface area contributed by atoms with Crippen molar-refractivity contribution in [2.24, 2.45) is 0 Å². The van der Waals surface area contributed by atoms with Crippen LogP contribution in [0.4, 0.5) is 0 Å². The van der Waals surface area contributed by atoms with E-state index in [0.29, 0.717) is 31.7 Å². The second kappa shape index (κ2) is 7.11. The smallest absolute Gasteiger partial charge is 0.323 e. The number of hydrogen-bond acceptors (Lipinski definition) is 4. The SMILES string of the molecule is CC(=O)N(CC(=O)O)C1CCCN(C(=O)c2ccco2)CC1. The molecule has 1 saturated heterocycles. The molecule has 0 aliphatic carbocycles. The molecule has 2 heterocycles. The zero-order chi connectivity index (χ0) is 16.1. The average Bonchev–Trinajstić information content (AvgIpc) is 2.89. The van der Waals surface area contributed by atoms with E-state index < -0.39 is 5.97 Å². The molecule has 2 amide bonds. The Morgan fingerprint density at radius 1 is 1.36 bits per heavy atom. The molecule has 120 valence electrons. The highest BCUT2D eigenvalue weighted by molar-refractivity contribution is 5.91. The minimum Gasteiger partial charge on any atom is -0.480 e. The van der Waals surface area contributed by atoms with Crippen LogP contribution < -0.4 is 0 Å². The Kier molecular flexibility index (Phi) is 5.19. The molecule has 0 bridgehead atoms. The molecule has 1 unspecified atom stereocenters. The van der Waals surface area contributed by atoms with Crippen molar-refractivity contribution in [2.75, 3.05) is 19.6 Å². The fourth-order valence-corrected chi connectivity index (χ4v) is 2.79. The highest BCUT2D eigenvalue weighted by Crippen LogP contribution is 2.19. The molecule has 7 heteroatoms.